The van der Waals surface area contributed by atoms with Gasteiger partial charge in [-0.1, -0.05) is 55.5 Å². The Morgan fingerprint density at radius 1 is 0.574 bits per heavy atom. The number of hydrogen-bond donors (Lipinski definition) is 6. The van der Waals surface area contributed by atoms with Crippen molar-refractivity contribution in [3.05, 3.63) is 108 Å². The van der Waals surface area contributed by atoms with Crippen LogP contribution in [0.4, 0.5) is 53.3 Å². The van der Waals surface area contributed by atoms with Gasteiger partial charge >= 0.3 is 24.2 Å². The number of carbonyl (C=O) groups is 4. The van der Waals surface area contributed by atoms with E-state index in [1.165, 1.54) is 7.11 Å². The minimum absolute atomic E-state index is 0.154. The number of nitrogens with one attached hydrogen (secondary N) is 6. The Balaban J connectivity index is 0.000000257. The van der Waals surface area contributed by atoms with Crippen molar-refractivity contribution in [2.45, 2.75) is 40.2 Å². The lowest BCUT2D eigenvalue weighted by molar-refractivity contribution is 0.118. The van der Waals surface area contributed by atoms with E-state index in [0.29, 0.717) is 34.1 Å². The molecule has 0 spiro atoms. The zero-order valence-corrected chi connectivity index (χ0v) is 27.0. The van der Waals surface area contributed by atoms with E-state index < -0.39 is 12.2 Å². The summed E-state index contributed by atoms with van der Waals surface area (Å²) >= 11 is 0. The second-order valence-corrected chi connectivity index (χ2v) is 10.3. The maximum absolute atomic E-state index is 12.1. The minimum atomic E-state index is -0.561. The first-order chi connectivity index (χ1) is 22.6. The molecule has 0 radical (unpaired) electrons. The van der Waals surface area contributed by atoms with Crippen LogP contribution < -0.4 is 31.9 Å². The molecule has 4 rings (SSSR count). The van der Waals surface area contributed by atoms with Crippen LogP contribution in [0.25, 0.3) is 0 Å². The molecule has 12 heteroatoms. The lowest BCUT2D eigenvalue weighted by Gasteiger charge is -2.14. The number of anilines is 6. The van der Waals surface area contributed by atoms with Gasteiger partial charge in [0.25, 0.3) is 0 Å². The molecule has 246 valence electrons. The average Bonchev–Trinajstić information content (AvgIpc) is 3.05. The van der Waals surface area contributed by atoms with Gasteiger partial charge in [0.2, 0.25) is 0 Å². The maximum atomic E-state index is 12.1. The predicted octanol–water partition coefficient (Wildman–Crippen LogP) is 8.80. The van der Waals surface area contributed by atoms with Gasteiger partial charge in [-0.25, -0.2) is 19.2 Å². The summed E-state index contributed by atoms with van der Waals surface area (Å²) in [5, 5.41) is 16.2. The summed E-state index contributed by atoms with van der Waals surface area (Å²) in [5.41, 5.74) is 5.41. The molecule has 4 aromatic rings. The van der Waals surface area contributed by atoms with Gasteiger partial charge in [-0.15, -0.1) is 0 Å². The summed E-state index contributed by atoms with van der Waals surface area (Å²) in [6, 6.07) is 28.0. The minimum Gasteiger partial charge on any atom is -0.453 e. The molecule has 0 aromatic heterocycles. The van der Waals surface area contributed by atoms with Crippen molar-refractivity contribution in [2.75, 3.05) is 39.0 Å². The van der Waals surface area contributed by atoms with E-state index in [1.54, 1.807) is 54.6 Å². The molecule has 12 nitrogen and oxygen atoms in total. The largest absolute Gasteiger partial charge is 0.453 e. The molecule has 0 saturated heterocycles. The van der Waals surface area contributed by atoms with Gasteiger partial charge in [0.05, 0.1) is 7.11 Å². The second-order valence-electron chi connectivity index (χ2n) is 10.3. The van der Waals surface area contributed by atoms with Crippen LogP contribution in [0.15, 0.2) is 97.1 Å². The second kappa shape index (κ2) is 18.1. The van der Waals surface area contributed by atoms with E-state index in [2.05, 4.69) is 36.6 Å². The van der Waals surface area contributed by atoms with Crippen LogP contribution in [0.2, 0.25) is 0 Å². The van der Waals surface area contributed by atoms with E-state index in [9.17, 15) is 19.2 Å². The molecule has 4 aromatic carbocycles. The van der Waals surface area contributed by atoms with Crippen molar-refractivity contribution in [1.29, 1.82) is 0 Å². The Bertz CT molecular complexity index is 1650. The number of amides is 6. The van der Waals surface area contributed by atoms with Crippen LogP contribution in [0.3, 0.4) is 0 Å². The highest BCUT2D eigenvalue weighted by molar-refractivity contribution is 6.01. The molecule has 47 heavy (non-hydrogen) atoms. The third-order valence-electron chi connectivity index (χ3n) is 6.60. The van der Waals surface area contributed by atoms with E-state index in [4.69, 9.17) is 4.74 Å². The molecular formula is C35H40N6O6. The third-order valence-corrected chi connectivity index (χ3v) is 6.60. The van der Waals surface area contributed by atoms with Crippen molar-refractivity contribution < 1.29 is 28.7 Å². The quantitative estimate of drug-likeness (QED) is 0.113. The fraction of sp³-hybridized carbons (Fsp3) is 0.200. The molecular weight excluding hydrogens is 600 g/mol. The van der Waals surface area contributed by atoms with Gasteiger partial charge < -0.3 is 30.7 Å². The van der Waals surface area contributed by atoms with Crippen LogP contribution in [0, 0.1) is 13.8 Å². The third kappa shape index (κ3) is 12.5. The standard InChI is InChI=1S/C19H23N3O3.C16H17N3O3/c1-4-14(3)25-19(24)22-17-12-16(11-10-13(17)2)21-18(23)20-15-8-6-5-7-9-15;1-11-8-9-13(10-14(11)19-16(21)22-2)18-15(20)17-12-6-4-3-5-7-12/h5-12,14H,4H2,1-3H3,(H,22,24)(H2,20,21,23);3-10H,1-2H3,(H,19,21)(H2,17,18,20). The number of hydrogen-bond acceptors (Lipinski definition) is 6. The topological polar surface area (TPSA) is 159 Å². The first kappa shape index (κ1) is 35.4. The summed E-state index contributed by atoms with van der Waals surface area (Å²) in [7, 11) is 1.29. The fourth-order valence-electron chi connectivity index (χ4n) is 3.87. The van der Waals surface area contributed by atoms with Crippen molar-refractivity contribution in [3.8, 4) is 0 Å². The summed E-state index contributed by atoms with van der Waals surface area (Å²) in [6.07, 6.45) is -0.483. The van der Waals surface area contributed by atoms with Gasteiger partial charge in [-0.2, -0.15) is 0 Å². The Morgan fingerprint density at radius 3 is 1.38 bits per heavy atom. The zero-order valence-electron chi connectivity index (χ0n) is 27.0. The molecule has 6 N–H and O–H groups in total. The zero-order chi connectivity index (χ0) is 34.2. The Morgan fingerprint density at radius 2 is 0.979 bits per heavy atom. The summed E-state index contributed by atoms with van der Waals surface area (Å²) in [5.74, 6) is 0. The van der Waals surface area contributed by atoms with Crippen molar-refractivity contribution >= 4 is 58.4 Å². The maximum Gasteiger partial charge on any atom is 0.411 e. The summed E-state index contributed by atoms with van der Waals surface area (Å²) in [6.45, 7) is 7.49. The summed E-state index contributed by atoms with van der Waals surface area (Å²) in [4.78, 5) is 47.1. The van der Waals surface area contributed by atoms with Crippen LogP contribution in [0.5, 0.6) is 0 Å². The molecule has 0 saturated carbocycles. The fourth-order valence-corrected chi connectivity index (χ4v) is 3.87. The number of carbonyl (C=O) groups excluding carboxylic acids is 4. The smallest absolute Gasteiger partial charge is 0.411 e. The molecule has 1 atom stereocenters. The van der Waals surface area contributed by atoms with Crippen LogP contribution in [0.1, 0.15) is 31.4 Å². The average molecular weight is 641 g/mol. The number of benzene rings is 4. The number of urea groups is 2. The highest BCUT2D eigenvalue weighted by atomic mass is 16.6. The lowest BCUT2D eigenvalue weighted by Crippen LogP contribution is -2.21. The molecule has 0 aliphatic carbocycles. The molecule has 1 unspecified atom stereocenters. The highest BCUT2D eigenvalue weighted by Gasteiger charge is 2.11. The Hall–Kier alpha value is -6.04. The van der Waals surface area contributed by atoms with Crippen molar-refractivity contribution in [3.63, 3.8) is 0 Å². The first-order valence-electron chi connectivity index (χ1n) is 14.9. The molecule has 0 heterocycles. The van der Waals surface area contributed by atoms with E-state index in [0.717, 1.165) is 17.5 Å². The molecule has 6 amide bonds. The van der Waals surface area contributed by atoms with Crippen LogP contribution in [-0.2, 0) is 9.47 Å². The highest BCUT2D eigenvalue weighted by Crippen LogP contribution is 2.22. The lowest BCUT2D eigenvalue weighted by atomic mass is 10.2. The number of ether oxygens (including phenoxy) is 2. The molecule has 0 bridgehead atoms. The number of rotatable bonds is 8. The normalized spacial score (nSPS) is 10.6. The monoisotopic (exact) mass is 640 g/mol. The van der Waals surface area contributed by atoms with E-state index in [-0.39, 0.29) is 18.2 Å². The number of para-hydroxylation sites is 2. The Labute approximate surface area is 274 Å². The first-order valence-corrected chi connectivity index (χ1v) is 14.9. The van der Waals surface area contributed by atoms with Gasteiger partial charge in [0.1, 0.15) is 6.10 Å². The van der Waals surface area contributed by atoms with Crippen LogP contribution in [-0.4, -0.2) is 37.5 Å². The van der Waals surface area contributed by atoms with E-state index in [1.807, 2.05) is 70.2 Å². The van der Waals surface area contributed by atoms with Gasteiger partial charge in [0, 0.05) is 34.1 Å². The van der Waals surface area contributed by atoms with E-state index >= 15 is 0 Å². The molecule has 0 aliphatic rings. The van der Waals surface area contributed by atoms with Gasteiger partial charge in [-0.05, 0) is 86.8 Å². The SMILES string of the molecule is CCC(C)OC(=O)Nc1cc(NC(=O)Nc2ccccc2)ccc1C.COC(=O)Nc1cc(NC(=O)Nc2ccccc2)ccc1C. The van der Waals surface area contributed by atoms with Gasteiger partial charge in [0.15, 0.2) is 0 Å². The Kier molecular flexibility index (Phi) is 13.6. The number of methoxy groups -OCH3 is 1. The van der Waals surface area contributed by atoms with Gasteiger partial charge in [-0.3, -0.25) is 10.6 Å². The summed E-state index contributed by atoms with van der Waals surface area (Å²) < 4.78 is 9.77. The van der Waals surface area contributed by atoms with Crippen LogP contribution >= 0.6 is 0 Å². The molecule has 0 fully saturated rings. The van der Waals surface area contributed by atoms with Crippen molar-refractivity contribution in [1.82, 2.24) is 0 Å². The van der Waals surface area contributed by atoms with Crippen molar-refractivity contribution in [2.24, 2.45) is 0 Å². The number of aryl methyl sites for hydroxylation is 2. The molecule has 0 aliphatic heterocycles. The predicted molar refractivity (Wildman–Crippen MR) is 186 cm³/mol.